The first kappa shape index (κ1) is 16.2. The van der Waals surface area contributed by atoms with Crippen LogP contribution in [0.3, 0.4) is 0 Å². The van der Waals surface area contributed by atoms with E-state index in [0.717, 1.165) is 22.3 Å². The Hall–Kier alpha value is -3.28. The number of aromatic nitrogens is 2. The van der Waals surface area contributed by atoms with Crippen molar-refractivity contribution in [2.45, 2.75) is 13.5 Å². The highest BCUT2D eigenvalue weighted by Crippen LogP contribution is 2.29. The van der Waals surface area contributed by atoms with E-state index in [1.807, 2.05) is 42.2 Å². The fourth-order valence-electron chi connectivity index (χ4n) is 3.17. The van der Waals surface area contributed by atoms with Gasteiger partial charge in [0.15, 0.2) is 0 Å². The van der Waals surface area contributed by atoms with Gasteiger partial charge < -0.3 is 19.7 Å². The van der Waals surface area contributed by atoms with Gasteiger partial charge >= 0.3 is 0 Å². The molecule has 3 N–H and O–H groups in total. The van der Waals surface area contributed by atoms with Crippen molar-refractivity contribution in [3.63, 3.8) is 0 Å². The minimum atomic E-state index is 0.160. The summed E-state index contributed by atoms with van der Waals surface area (Å²) in [6.07, 6.45) is 0. The van der Waals surface area contributed by atoms with Crippen molar-refractivity contribution in [3.05, 3.63) is 65.2 Å². The largest absolute Gasteiger partial charge is 0.510 e. The van der Waals surface area contributed by atoms with E-state index < -0.39 is 0 Å². The number of fused-ring (bicyclic) bond motifs is 1. The van der Waals surface area contributed by atoms with Crippen LogP contribution in [0.1, 0.15) is 17.0 Å². The third-order valence-corrected chi connectivity index (χ3v) is 4.60. The molecule has 4 rings (SSSR count). The van der Waals surface area contributed by atoms with Gasteiger partial charge in [0, 0.05) is 12.6 Å². The Bertz CT molecular complexity index is 1020. The van der Waals surface area contributed by atoms with E-state index in [4.69, 9.17) is 10.1 Å². The Morgan fingerprint density at radius 2 is 2.00 bits per heavy atom. The van der Waals surface area contributed by atoms with Crippen LogP contribution in [-0.4, -0.2) is 39.5 Å². The fraction of sp³-hybridized carbons (Fsp3) is 0.200. The molecule has 0 radical (unpaired) electrons. The van der Waals surface area contributed by atoms with Gasteiger partial charge in [0.05, 0.1) is 30.3 Å². The summed E-state index contributed by atoms with van der Waals surface area (Å²) in [5, 5.41) is 18.9. The molecule has 2 heterocycles. The second kappa shape index (κ2) is 6.22. The lowest BCUT2D eigenvalue weighted by atomic mass is 10.1. The second-order valence-electron chi connectivity index (χ2n) is 6.48. The molecule has 3 aromatic rings. The minimum absolute atomic E-state index is 0.160. The van der Waals surface area contributed by atoms with Crippen LogP contribution in [0.25, 0.3) is 16.6 Å². The minimum Gasteiger partial charge on any atom is -0.510 e. The average Bonchev–Trinajstić information content (AvgIpc) is 3.16. The average molecular weight is 348 g/mol. The van der Waals surface area contributed by atoms with E-state index in [1.165, 1.54) is 5.56 Å². The number of H-pyrrole nitrogens is 1. The van der Waals surface area contributed by atoms with Crippen molar-refractivity contribution in [2.24, 2.45) is 0 Å². The van der Waals surface area contributed by atoms with Crippen molar-refractivity contribution in [2.75, 3.05) is 13.7 Å². The van der Waals surface area contributed by atoms with Crippen LogP contribution in [-0.2, 0) is 6.54 Å². The molecule has 2 aromatic carbocycles. The normalized spacial score (nSPS) is 14.5. The van der Waals surface area contributed by atoms with Gasteiger partial charge in [0.25, 0.3) is 0 Å². The van der Waals surface area contributed by atoms with Gasteiger partial charge in [0.1, 0.15) is 23.2 Å². The van der Waals surface area contributed by atoms with Crippen LogP contribution in [0.5, 0.6) is 5.75 Å². The highest BCUT2D eigenvalue weighted by atomic mass is 16.5. The molecule has 0 spiro atoms. The van der Waals surface area contributed by atoms with Gasteiger partial charge in [0.2, 0.25) is 0 Å². The first-order valence-corrected chi connectivity index (χ1v) is 8.41. The molecule has 1 aliphatic rings. The number of aryl methyl sites for hydroxylation is 1. The number of benzene rings is 2. The van der Waals surface area contributed by atoms with Crippen LogP contribution in [0, 0.1) is 12.3 Å². The number of methoxy groups -OCH3 is 1. The summed E-state index contributed by atoms with van der Waals surface area (Å²) in [6.45, 7) is 2.92. The number of rotatable bonds is 4. The number of ether oxygens (including phenoxy) is 1. The smallest absolute Gasteiger partial charge is 0.145 e. The molecule has 6 heteroatoms. The highest BCUT2D eigenvalue weighted by Gasteiger charge is 2.30. The molecule has 0 atom stereocenters. The molecule has 0 saturated heterocycles. The van der Waals surface area contributed by atoms with E-state index in [2.05, 4.69) is 22.1 Å². The topological polar surface area (TPSA) is 85.2 Å². The van der Waals surface area contributed by atoms with Gasteiger partial charge in [-0.25, -0.2) is 4.98 Å². The zero-order valence-corrected chi connectivity index (χ0v) is 14.7. The molecule has 0 unspecified atom stereocenters. The second-order valence-corrected chi connectivity index (χ2v) is 6.48. The molecule has 132 valence electrons. The SMILES string of the molecule is COc1ccc2nc(C3=C(O)CN(Cc4ccc(C)cc4)C3=N)[nH]c2c1. The first-order chi connectivity index (χ1) is 12.5. The zero-order chi connectivity index (χ0) is 18.3. The van der Waals surface area contributed by atoms with Crippen LogP contribution in [0.4, 0.5) is 0 Å². The Kier molecular flexibility index (Phi) is 3.88. The predicted octanol–water partition coefficient (Wildman–Crippen LogP) is 3.64. The van der Waals surface area contributed by atoms with Gasteiger partial charge in [-0.1, -0.05) is 29.8 Å². The highest BCUT2D eigenvalue weighted by molar-refractivity contribution is 6.23. The molecule has 6 nitrogen and oxygen atoms in total. The molecule has 0 amide bonds. The number of nitrogens with one attached hydrogen (secondary N) is 2. The van der Waals surface area contributed by atoms with Crippen molar-refractivity contribution in [3.8, 4) is 5.75 Å². The summed E-state index contributed by atoms with van der Waals surface area (Å²) in [5.74, 6) is 1.66. The Labute approximate surface area is 151 Å². The summed E-state index contributed by atoms with van der Waals surface area (Å²) >= 11 is 0. The van der Waals surface area contributed by atoms with Crippen LogP contribution in [0.15, 0.2) is 48.2 Å². The Morgan fingerprint density at radius 3 is 2.73 bits per heavy atom. The molecular weight excluding hydrogens is 328 g/mol. The summed E-state index contributed by atoms with van der Waals surface area (Å²) in [4.78, 5) is 9.55. The monoisotopic (exact) mass is 348 g/mol. The summed E-state index contributed by atoms with van der Waals surface area (Å²) in [5.41, 5.74) is 4.33. The summed E-state index contributed by atoms with van der Waals surface area (Å²) < 4.78 is 5.23. The van der Waals surface area contributed by atoms with Crippen LogP contribution >= 0.6 is 0 Å². The lowest BCUT2D eigenvalue weighted by Crippen LogP contribution is -2.26. The quantitative estimate of drug-likeness (QED) is 0.672. The van der Waals surface area contributed by atoms with E-state index in [1.54, 1.807) is 7.11 Å². The van der Waals surface area contributed by atoms with Crippen LogP contribution < -0.4 is 4.74 Å². The summed E-state index contributed by atoms with van der Waals surface area (Å²) in [7, 11) is 1.61. The van der Waals surface area contributed by atoms with E-state index in [-0.39, 0.29) is 11.6 Å². The molecule has 1 aromatic heterocycles. The maximum absolute atomic E-state index is 10.4. The van der Waals surface area contributed by atoms with E-state index >= 15 is 0 Å². The number of aliphatic hydroxyl groups excluding tert-OH is 1. The lowest BCUT2D eigenvalue weighted by molar-refractivity contribution is 0.347. The van der Waals surface area contributed by atoms with Gasteiger partial charge in [-0.05, 0) is 24.6 Å². The predicted molar refractivity (Wildman–Crippen MR) is 102 cm³/mol. The molecule has 0 fully saturated rings. The number of hydrogen-bond donors (Lipinski definition) is 3. The van der Waals surface area contributed by atoms with E-state index in [9.17, 15) is 5.11 Å². The number of aliphatic hydroxyl groups is 1. The van der Waals surface area contributed by atoms with E-state index in [0.29, 0.717) is 24.5 Å². The van der Waals surface area contributed by atoms with Crippen molar-refractivity contribution in [1.29, 1.82) is 5.41 Å². The Morgan fingerprint density at radius 1 is 1.23 bits per heavy atom. The third-order valence-electron chi connectivity index (χ3n) is 4.60. The lowest BCUT2D eigenvalue weighted by Gasteiger charge is -2.18. The maximum atomic E-state index is 10.4. The van der Waals surface area contributed by atoms with Gasteiger partial charge in [-0.2, -0.15) is 0 Å². The van der Waals surface area contributed by atoms with Crippen LogP contribution in [0.2, 0.25) is 0 Å². The first-order valence-electron chi connectivity index (χ1n) is 8.41. The zero-order valence-electron chi connectivity index (χ0n) is 14.7. The van der Waals surface area contributed by atoms with Crippen molar-refractivity contribution in [1.82, 2.24) is 14.9 Å². The fourth-order valence-corrected chi connectivity index (χ4v) is 3.17. The van der Waals surface area contributed by atoms with Crippen molar-refractivity contribution < 1.29 is 9.84 Å². The molecule has 0 saturated carbocycles. The molecule has 0 aliphatic carbocycles. The van der Waals surface area contributed by atoms with Gasteiger partial charge in [-0.3, -0.25) is 5.41 Å². The number of nitrogens with zero attached hydrogens (tertiary/aromatic N) is 2. The number of aromatic amines is 1. The third kappa shape index (κ3) is 2.79. The molecule has 26 heavy (non-hydrogen) atoms. The van der Waals surface area contributed by atoms with Crippen molar-refractivity contribution >= 4 is 22.4 Å². The molecule has 1 aliphatic heterocycles. The number of hydrogen-bond acceptors (Lipinski definition) is 4. The maximum Gasteiger partial charge on any atom is 0.145 e. The Balaban J connectivity index is 1.61. The molecular formula is C20H20N4O2. The number of amidine groups is 1. The molecule has 0 bridgehead atoms. The summed E-state index contributed by atoms with van der Waals surface area (Å²) in [6, 6.07) is 13.7. The number of imidazole rings is 1. The standard InChI is InChI=1S/C20H20N4O2/c1-12-3-5-13(6-4-12)10-24-11-17(25)18(19(24)21)20-22-15-8-7-14(26-2)9-16(15)23-20/h3-9,21,25H,10-11H2,1-2H3,(H,22,23). The van der Waals surface area contributed by atoms with Gasteiger partial charge in [-0.15, -0.1) is 0 Å².